The van der Waals surface area contributed by atoms with Crippen LogP contribution in [0.3, 0.4) is 0 Å². The maximum absolute atomic E-state index is 8.54. The fourth-order valence-electron chi connectivity index (χ4n) is 3.43. The van der Waals surface area contributed by atoms with Crippen molar-refractivity contribution in [3.8, 4) is 17.9 Å². The highest BCUT2D eigenvalue weighted by Crippen LogP contribution is 2.57. The summed E-state index contributed by atoms with van der Waals surface area (Å²) in [6, 6.07) is 7.93. The van der Waals surface area contributed by atoms with Gasteiger partial charge in [-0.05, 0) is 68.7 Å². The Hall–Kier alpha value is -2.58. The number of aliphatic imine (C=N–C) groups is 1. The predicted octanol–water partition coefficient (Wildman–Crippen LogP) is 6.93. The van der Waals surface area contributed by atoms with Crippen molar-refractivity contribution in [1.29, 1.82) is 5.26 Å². The average Bonchev–Trinajstić information content (AvgIpc) is 3.37. The first kappa shape index (κ1) is 23.5. The Bertz CT molecular complexity index is 791. The van der Waals surface area contributed by atoms with Crippen molar-refractivity contribution in [3.63, 3.8) is 0 Å². The summed E-state index contributed by atoms with van der Waals surface area (Å²) in [6.45, 7) is 14.2. The van der Waals surface area contributed by atoms with Crippen molar-refractivity contribution < 1.29 is 0 Å². The Morgan fingerprint density at radius 3 is 2.43 bits per heavy atom. The van der Waals surface area contributed by atoms with Gasteiger partial charge in [-0.3, -0.25) is 4.99 Å². The lowest BCUT2D eigenvalue weighted by molar-refractivity contribution is 0.536. The Labute approximate surface area is 172 Å². The SMILES string of the molecule is C=CC=N/C=C(/C#CC1(CC)CC1CCC)CC.Cc1cc(C)cc(C#N)c1. The van der Waals surface area contributed by atoms with E-state index < -0.39 is 0 Å². The van der Waals surface area contributed by atoms with Crippen molar-refractivity contribution in [1.82, 2.24) is 0 Å². The second-order valence-corrected chi connectivity index (χ2v) is 7.48. The second kappa shape index (κ2) is 12.0. The van der Waals surface area contributed by atoms with Gasteiger partial charge in [0.2, 0.25) is 0 Å². The summed E-state index contributed by atoms with van der Waals surface area (Å²) in [5.41, 5.74) is 4.47. The largest absolute Gasteiger partial charge is 0.264 e. The smallest absolute Gasteiger partial charge is 0.0991 e. The molecule has 0 radical (unpaired) electrons. The first-order valence-electron chi connectivity index (χ1n) is 10.3. The number of nitriles is 1. The summed E-state index contributed by atoms with van der Waals surface area (Å²) in [4.78, 5) is 4.16. The van der Waals surface area contributed by atoms with Crippen molar-refractivity contribution in [3.05, 3.63) is 59.3 Å². The van der Waals surface area contributed by atoms with Crippen LogP contribution in [-0.2, 0) is 0 Å². The Balaban J connectivity index is 0.000000330. The monoisotopic (exact) mass is 374 g/mol. The molecule has 0 amide bonds. The molecule has 2 atom stereocenters. The van der Waals surface area contributed by atoms with E-state index in [1.165, 1.54) is 25.7 Å². The summed E-state index contributed by atoms with van der Waals surface area (Å²) in [6.07, 6.45) is 11.2. The van der Waals surface area contributed by atoms with E-state index in [4.69, 9.17) is 5.26 Å². The molecular weight excluding hydrogens is 340 g/mol. The van der Waals surface area contributed by atoms with Gasteiger partial charge in [0.25, 0.3) is 0 Å². The maximum atomic E-state index is 8.54. The highest BCUT2D eigenvalue weighted by molar-refractivity contribution is 5.70. The van der Waals surface area contributed by atoms with Crippen LogP contribution >= 0.6 is 0 Å². The molecule has 1 aromatic carbocycles. The molecule has 0 spiro atoms. The molecule has 0 bridgehead atoms. The molecule has 0 N–H and O–H groups in total. The second-order valence-electron chi connectivity index (χ2n) is 7.48. The van der Waals surface area contributed by atoms with Gasteiger partial charge in [-0.25, -0.2) is 0 Å². The lowest BCUT2D eigenvalue weighted by Crippen LogP contribution is -1.98. The Kier molecular flexibility index (Phi) is 10.0. The first-order valence-corrected chi connectivity index (χ1v) is 10.3. The topological polar surface area (TPSA) is 36.1 Å². The molecule has 0 heterocycles. The summed E-state index contributed by atoms with van der Waals surface area (Å²) < 4.78 is 0. The summed E-state index contributed by atoms with van der Waals surface area (Å²) in [5.74, 6) is 7.68. The third-order valence-electron chi connectivity index (χ3n) is 5.13. The van der Waals surface area contributed by atoms with Crippen molar-refractivity contribution in [2.24, 2.45) is 16.3 Å². The van der Waals surface area contributed by atoms with Crippen molar-refractivity contribution in [2.75, 3.05) is 0 Å². The molecule has 2 unspecified atom stereocenters. The third-order valence-corrected chi connectivity index (χ3v) is 5.13. The number of aryl methyl sites for hydroxylation is 2. The van der Waals surface area contributed by atoms with E-state index >= 15 is 0 Å². The Morgan fingerprint density at radius 1 is 1.25 bits per heavy atom. The molecule has 148 valence electrons. The molecule has 28 heavy (non-hydrogen) atoms. The van der Waals surface area contributed by atoms with Gasteiger partial charge in [0.1, 0.15) is 0 Å². The van der Waals surface area contributed by atoms with Gasteiger partial charge >= 0.3 is 0 Å². The summed E-state index contributed by atoms with van der Waals surface area (Å²) in [5, 5.41) is 8.54. The minimum atomic E-state index is 0.312. The zero-order valence-electron chi connectivity index (χ0n) is 18.2. The van der Waals surface area contributed by atoms with Crippen LogP contribution in [0.1, 0.15) is 69.6 Å². The van der Waals surface area contributed by atoms with Gasteiger partial charge in [0, 0.05) is 23.4 Å². The van der Waals surface area contributed by atoms with E-state index in [1.54, 1.807) is 12.3 Å². The molecule has 1 aliphatic carbocycles. The van der Waals surface area contributed by atoms with Gasteiger partial charge in [0.15, 0.2) is 0 Å². The molecule has 1 saturated carbocycles. The zero-order valence-corrected chi connectivity index (χ0v) is 18.2. The van der Waals surface area contributed by atoms with Crippen LogP contribution in [0.15, 0.2) is 47.6 Å². The lowest BCUT2D eigenvalue weighted by atomic mass is 9.98. The molecular formula is C26H34N2. The van der Waals surface area contributed by atoms with Gasteiger partial charge in [0.05, 0.1) is 11.6 Å². The van der Waals surface area contributed by atoms with Crippen LogP contribution in [0.5, 0.6) is 0 Å². The van der Waals surface area contributed by atoms with Crippen LogP contribution in [0.2, 0.25) is 0 Å². The highest BCUT2D eigenvalue weighted by atomic mass is 14.7. The third kappa shape index (κ3) is 7.58. The van der Waals surface area contributed by atoms with E-state index in [0.717, 1.165) is 34.6 Å². The zero-order chi connectivity index (χ0) is 21.0. The van der Waals surface area contributed by atoms with Crippen LogP contribution in [0.25, 0.3) is 0 Å². The van der Waals surface area contributed by atoms with Gasteiger partial charge in [-0.2, -0.15) is 5.26 Å². The Morgan fingerprint density at radius 2 is 1.93 bits per heavy atom. The standard InChI is InChI=1S/C17H25N.C9H9N/c1-5-9-16-13-17(16,8-4)11-10-15(7-3)14-18-12-6-2;1-7-3-8(2)5-9(4-7)6-10/h6,12,14,16H,2,5,7-9,13H2,1,3-4H3;3-5H,1-2H3/b15-14+,18-12?;. The molecule has 1 aromatic rings. The number of hydrogen-bond donors (Lipinski definition) is 0. The van der Waals surface area contributed by atoms with Crippen LogP contribution in [0.4, 0.5) is 0 Å². The van der Waals surface area contributed by atoms with Crippen LogP contribution < -0.4 is 0 Å². The van der Waals surface area contributed by atoms with E-state index in [1.807, 2.05) is 32.2 Å². The van der Waals surface area contributed by atoms with Crippen molar-refractivity contribution >= 4 is 6.21 Å². The molecule has 1 fully saturated rings. The van der Waals surface area contributed by atoms with Crippen LogP contribution in [-0.4, -0.2) is 6.21 Å². The fourth-order valence-corrected chi connectivity index (χ4v) is 3.43. The minimum absolute atomic E-state index is 0.312. The molecule has 0 aromatic heterocycles. The number of hydrogen-bond acceptors (Lipinski definition) is 2. The highest BCUT2D eigenvalue weighted by Gasteiger charge is 2.50. The quantitative estimate of drug-likeness (QED) is 0.393. The van der Waals surface area contributed by atoms with Gasteiger partial charge in [-0.15, -0.1) is 0 Å². The van der Waals surface area contributed by atoms with E-state index in [9.17, 15) is 0 Å². The molecule has 2 rings (SSSR count). The number of rotatable bonds is 6. The molecule has 2 nitrogen and oxygen atoms in total. The predicted molar refractivity (Wildman–Crippen MR) is 121 cm³/mol. The fraction of sp³-hybridized carbons (Fsp3) is 0.462. The van der Waals surface area contributed by atoms with E-state index in [0.29, 0.717) is 5.41 Å². The number of nitrogens with zero attached hydrogens (tertiary/aromatic N) is 2. The van der Waals surface area contributed by atoms with Crippen molar-refractivity contribution in [2.45, 2.75) is 66.7 Å². The number of allylic oxidation sites excluding steroid dienone is 2. The maximum Gasteiger partial charge on any atom is 0.0991 e. The summed E-state index contributed by atoms with van der Waals surface area (Å²) in [7, 11) is 0. The molecule has 0 aliphatic heterocycles. The van der Waals surface area contributed by atoms with Crippen LogP contribution in [0, 0.1) is 48.4 Å². The van der Waals surface area contributed by atoms with E-state index in [-0.39, 0.29) is 0 Å². The molecule has 0 saturated heterocycles. The first-order chi connectivity index (χ1) is 13.4. The summed E-state index contributed by atoms with van der Waals surface area (Å²) >= 11 is 0. The number of benzene rings is 1. The lowest BCUT2D eigenvalue weighted by Gasteiger charge is -2.05. The van der Waals surface area contributed by atoms with Gasteiger partial charge < -0.3 is 0 Å². The van der Waals surface area contributed by atoms with Gasteiger partial charge in [-0.1, -0.05) is 57.8 Å². The normalized spacial score (nSPS) is 20.4. The average molecular weight is 375 g/mol. The molecule has 1 aliphatic rings. The molecule has 2 heteroatoms. The van der Waals surface area contributed by atoms with E-state index in [2.05, 4.69) is 56.3 Å². The minimum Gasteiger partial charge on any atom is -0.264 e.